The minimum atomic E-state index is -0.217. The maximum absolute atomic E-state index is 12.2. The third-order valence-corrected chi connectivity index (χ3v) is 3.73. The number of rotatable bonds is 7. The lowest BCUT2D eigenvalue weighted by Gasteiger charge is -2.12. The van der Waals surface area contributed by atoms with Crippen LogP contribution >= 0.6 is 0 Å². The van der Waals surface area contributed by atoms with E-state index in [0.717, 1.165) is 0 Å². The Kier molecular flexibility index (Phi) is 6.55. The molecule has 0 atom stereocenters. The van der Waals surface area contributed by atoms with Gasteiger partial charge in [-0.25, -0.2) is 0 Å². The molecule has 0 unspecified atom stereocenters. The topological polar surface area (TPSA) is 106 Å². The molecule has 0 bridgehead atoms. The first-order chi connectivity index (χ1) is 12.7. The molecule has 1 aromatic carbocycles. The summed E-state index contributed by atoms with van der Waals surface area (Å²) < 4.78 is 10.4. The van der Waals surface area contributed by atoms with Crippen LogP contribution in [-0.2, 0) is 21.4 Å². The van der Waals surface area contributed by atoms with Crippen molar-refractivity contribution >= 4 is 23.2 Å². The second-order valence-electron chi connectivity index (χ2n) is 7.26. The number of aryl methyl sites for hydroxylation is 1. The summed E-state index contributed by atoms with van der Waals surface area (Å²) >= 11 is 0. The summed E-state index contributed by atoms with van der Waals surface area (Å²) in [6.45, 7) is 7.45. The van der Waals surface area contributed by atoms with Crippen molar-refractivity contribution in [1.29, 1.82) is 0 Å². The molecule has 1 heterocycles. The van der Waals surface area contributed by atoms with Crippen molar-refractivity contribution in [2.24, 2.45) is 0 Å². The molecular formula is C19H26N4O4. The van der Waals surface area contributed by atoms with Crippen LogP contribution in [0.3, 0.4) is 0 Å². The highest BCUT2D eigenvalue weighted by atomic mass is 16.5. The normalized spacial score (nSPS) is 11.1. The SMILES string of the molecule is COc1ccc(NC(=O)CCCc2nc(C(C)(C)C)no2)cc1NC(C)=O. The molecule has 0 saturated heterocycles. The van der Waals surface area contributed by atoms with Gasteiger partial charge in [0.2, 0.25) is 17.7 Å². The molecular weight excluding hydrogens is 348 g/mol. The van der Waals surface area contributed by atoms with E-state index in [4.69, 9.17) is 9.26 Å². The van der Waals surface area contributed by atoms with Crippen LogP contribution < -0.4 is 15.4 Å². The standard InChI is InChI=1S/C19H26N4O4/c1-12(24)20-14-11-13(9-10-15(14)26-5)21-16(25)7-6-8-17-22-18(23-27-17)19(2,3)4/h9-11H,6-8H2,1-5H3,(H,20,24)(H,21,25). The minimum Gasteiger partial charge on any atom is -0.495 e. The molecule has 2 rings (SSSR count). The maximum Gasteiger partial charge on any atom is 0.226 e. The van der Waals surface area contributed by atoms with E-state index >= 15 is 0 Å². The molecule has 1 aromatic heterocycles. The molecule has 8 heteroatoms. The number of ether oxygens (including phenoxy) is 1. The molecule has 0 radical (unpaired) electrons. The third kappa shape index (κ3) is 6.09. The first kappa shape index (κ1) is 20.4. The van der Waals surface area contributed by atoms with Gasteiger partial charge in [0, 0.05) is 30.9 Å². The van der Waals surface area contributed by atoms with Gasteiger partial charge in [0.05, 0.1) is 12.8 Å². The number of aromatic nitrogens is 2. The van der Waals surface area contributed by atoms with Crippen molar-refractivity contribution in [2.45, 2.75) is 52.4 Å². The van der Waals surface area contributed by atoms with Crippen LogP contribution in [-0.4, -0.2) is 29.1 Å². The molecule has 0 aliphatic heterocycles. The zero-order chi connectivity index (χ0) is 20.0. The fourth-order valence-corrected chi connectivity index (χ4v) is 2.36. The Morgan fingerprint density at radius 3 is 2.56 bits per heavy atom. The number of nitrogens with zero attached hydrogens (tertiary/aromatic N) is 2. The summed E-state index contributed by atoms with van der Waals surface area (Å²) in [6.07, 6.45) is 1.44. The van der Waals surface area contributed by atoms with Gasteiger partial charge in [-0.2, -0.15) is 4.98 Å². The van der Waals surface area contributed by atoms with E-state index in [9.17, 15) is 9.59 Å². The number of hydrogen-bond donors (Lipinski definition) is 2. The molecule has 2 amide bonds. The van der Waals surface area contributed by atoms with Gasteiger partial charge in [-0.1, -0.05) is 25.9 Å². The average Bonchev–Trinajstić information content (AvgIpc) is 3.04. The molecule has 146 valence electrons. The van der Waals surface area contributed by atoms with Gasteiger partial charge in [0.1, 0.15) is 5.75 Å². The van der Waals surface area contributed by atoms with E-state index in [-0.39, 0.29) is 17.2 Å². The molecule has 2 aromatic rings. The van der Waals surface area contributed by atoms with E-state index in [2.05, 4.69) is 20.8 Å². The third-order valence-electron chi connectivity index (χ3n) is 3.73. The number of hydrogen-bond acceptors (Lipinski definition) is 6. The number of carbonyl (C=O) groups is 2. The monoisotopic (exact) mass is 374 g/mol. The van der Waals surface area contributed by atoms with E-state index in [1.54, 1.807) is 18.2 Å². The second-order valence-corrected chi connectivity index (χ2v) is 7.26. The quantitative estimate of drug-likeness (QED) is 0.770. The lowest BCUT2D eigenvalue weighted by Crippen LogP contribution is -2.13. The lowest BCUT2D eigenvalue weighted by molar-refractivity contribution is -0.116. The molecule has 0 fully saturated rings. The van der Waals surface area contributed by atoms with Gasteiger partial charge < -0.3 is 19.9 Å². The number of benzene rings is 1. The minimum absolute atomic E-state index is 0.135. The largest absolute Gasteiger partial charge is 0.495 e. The first-order valence-corrected chi connectivity index (χ1v) is 8.77. The van der Waals surface area contributed by atoms with Crippen LogP contribution in [0.15, 0.2) is 22.7 Å². The fourth-order valence-electron chi connectivity index (χ4n) is 2.36. The van der Waals surface area contributed by atoms with Crippen LogP contribution in [0, 0.1) is 0 Å². The van der Waals surface area contributed by atoms with Gasteiger partial charge in [0.25, 0.3) is 0 Å². The number of nitrogens with one attached hydrogen (secondary N) is 2. The number of anilines is 2. The number of methoxy groups -OCH3 is 1. The molecule has 0 aliphatic rings. The molecule has 0 saturated carbocycles. The van der Waals surface area contributed by atoms with Gasteiger partial charge >= 0.3 is 0 Å². The molecule has 2 N–H and O–H groups in total. The van der Waals surface area contributed by atoms with Crippen molar-refractivity contribution in [1.82, 2.24) is 10.1 Å². The van der Waals surface area contributed by atoms with Crippen molar-refractivity contribution in [3.8, 4) is 5.75 Å². The lowest BCUT2D eigenvalue weighted by atomic mass is 9.96. The fraction of sp³-hybridized carbons (Fsp3) is 0.474. The highest BCUT2D eigenvalue weighted by Crippen LogP contribution is 2.28. The molecule has 0 spiro atoms. The summed E-state index contributed by atoms with van der Waals surface area (Å²) in [5.41, 5.74) is 0.916. The molecule has 0 aliphatic carbocycles. The summed E-state index contributed by atoms with van der Waals surface area (Å²) in [5, 5.41) is 9.45. The van der Waals surface area contributed by atoms with Gasteiger partial charge in [-0.3, -0.25) is 9.59 Å². The molecule has 27 heavy (non-hydrogen) atoms. The zero-order valence-electron chi connectivity index (χ0n) is 16.4. The van der Waals surface area contributed by atoms with Crippen molar-refractivity contribution in [3.05, 3.63) is 29.9 Å². The average molecular weight is 374 g/mol. The van der Waals surface area contributed by atoms with E-state index < -0.39 is 0 Å². The Balaban J connectivity index is 1.88. The van der Waals surface area contributed by atoms with Gasteiger partial charge in [-0.15, -0.1) is 0 Å². The van der Waals surface area contributed by atoms with Crippen LogP contribution in [0.5, 0.6) is 5.75 Å². The van der Waals surface area contributed by atoms with Gasteiger partial charge in [0.15, 0.2) is 5.82 Å². The maximum atomic E-state index is 12.2. The summed E-state index contributed by atoms with van der Waals surface area (Å²) in [5.74, 6) is 1.36. The van der Waals surface area contributed by atoms with Crippen LogP contribution in [0.1, 0.15) is 52.3 Å². The zero-order valence-corrected chi connectivity index (χ0v) is 16.4. The summed E-state index contributed by atoms with van der Waals surface area (Å²) in [7, 11) is 1.52. The van der Waals surface area contributed by atoms with Crippen LogP contribution in [0.4, 0.5) is 11.4 Å². The predicted molar refractivity (Wildman–Crippen MR) is 102 cm³/mol. The summed E-state index contributed by atoms with van der Waals surface area (Å²) in [4.78, 5) is 27.8. The number of amides is 2. The van der Waals surface area contributed by atoms with E-state index in [1.807, 2.05) is 20.8 Å². The Bertz CT molecular complexity index is 808. The Morgan fingerprint density at radius 2 is 1.96 bits per heavy atom. The first-order valence-electron chi connectivity index (χ1n) is 8.77. The van der Waals surface area contributed by atoms with Crippen molar-refractivity contribution < 1.29 is 18.8 Å². The Labute approximate surface area is 158 Å². The Hall–Kier alpha value is -2.90. The molecule has 8 nitrogen and oxygen atoms in total. The Morgan fingerprint density at radius 1 is 1.22 bits per heavy atom. The van der Waals surface area contributed by atoms with Crippen molar-refractivity contribution in [2.75, 3.05) is 17.7 Å². The van der Waals surface area contributed by atoms with Crippen molar-refractivity contribution in [3.63, 3.8) is 0 Å². The van der Waals surface area contributed by atoms with Gasteiger partial charge in [-0.05, 0) is 24.6 Å². The van der Waals surface area contributed by atoms with Crippen LogP contribution in [0.25, 0.3) is 0 Å². The smallest absolute Gasteiger partial charge is 0.226 e. The number of carbonyl (C=O) groups excluding carboxylic acids is 2. The highest BCUT2D eigenvalue weighted by molar-refractivity contribution is 5.94. The van der Waals surface area contributed by atoms with E-state index in [1.165, 1.54) is 14.0 Å². The second kappa shape index (κ2) is 8.66. The van der Waals surface area contributed by atoms with E-state index in [0.29, 0.717) is 48.1 Å². The summed E-state index contributed by atoms with van der Waals surface area (Å²) in [6, 6.07) is 5.06. The predicted octanol–water partition coefficient (Wildman–Crippen LogP) is 3.30. The highest BCUT2D eigenvalue weighted by Gasteiger charge is 2.20. The van der Waals surface area contributed by atoms with Crippen LogP contribution in [0.2, 0.25) is 0 Å².